The topological polar surface area (TPSA) is 38.0 Å². The lowest BCUT2D eigenvalue weighted by Gasteiger charge is -2.37. The largest absolute Gasteiger partial charge is 0.390 e. The fraction of sp³-hybridized carbons (Fsp3) is 1.00. The average Bonchev–Trinajstić information content (AvgIpc) is 2.25. The zero-order valence-corrected chi connectivity index (χ0v) is 10.4. The predicted molar refractivity (Wildman–Crippen MR) is 62.7 cm³/mol. The molecule has 1 aliphatic rings. The van der Waals surface area contributed by atoms with Crippen molar-refractivity contribution in [2.45, 2.75) is 57.7 Å². The minimum atomic E-state index is -4.09. The van der Waals surface area contributed by atoms with Crippen molar-refractivity contribution in [3.05, 3.63) is 0 Å². The Hall–Kier alpha value is -0.290. The highest BCUT2D eigenvalue weighted by molar-refractivity contribution is 4.86. The molecule has 0 amide bonds. The summed E-state index contributed by atoms with van der Waals surface area (Å²) in [6, 6.07) is -0.527. The van der Waals surface area contributed by atoms with E-state index >= 15 is 0 Å². The summed E-state index contributed by atoms with van der Waals surface area (Å²) in [6.45, 7) is 2.76. The summed E-state index contributed by atoms with van der Waals surface area (Å²) in [5, 5.41) is 3.00. The third-order valence-corrected chi connectivity index (χ3v) is 3.71. The van der Waals surface area contributed by atoms with Crippen LogP contribution in [0.4, 0.5) is 13.2 Å². The maximum Gasteiger partial charge on any atom is 0.390 e. The van der Waals surface area contributed by atoms with Crippen molar-refractivity contribution in [1.29, 1.82) is 0 Å². The van der Waals surface area contributed by atoms with Crippen LogP contribution >= 0.6 is 0 Å². The Morgan fingerprint density at radius 2 is 1.82 bits per heavy atom. The Morgan fingerprint density at radius 3 is 2.29 bits per heavy atom. The minimum Gasteiger partial charge on any atom is -0.330 e. The molecule has 17 heavy (non-hydrogen) atoms. The van der Waals surface area contributed by atoms with Crippen LogP contribution in [-0.2, 0) is 0 Å². The standard InChI is InChI=1S/C12H23F3N2/c1-10(7-12(13,14)15)17-9-11(8-16)5-3-2-4-6-11/h10,17H,2-9,16H2,1H3. The van der Waals surface area contributed by atoms with Crippen LogP contribution in [0.2, 0.25) is 0 Å². The fourth-order valence-corrected chi connectivity index (χ4v) is 2.56. The van der Waals surface area contributed by atoms with Gasteiger partial charge >= 0.3 is 6.18 Å². The van der Waals surface area contributed by atoms with Crippen LogP contribution in [0.25, 0.3) is 0 Å². The summed E-state index contributed by atoms with van der Waals surface area (Å²) < 4.78 is 36.6. The molecular formula is C12H23F3N2. The molecule has 1 saturated carbocycles. The normalized spacial score (nSPS) is 22.4. The monoisotopic (exact) mass is 252 g/mol. The van der Waals surface area contributed by atoms with Gasteiger partial charge < -0.3 is 11.1 Å². The number of halogens is 3. The van der Waals surface area contributed by atoms with E-state index in [4.69, 9.17) is 5.73 Å². The number of nitrogens with one attached hydrogen (secondary N) is 1. The number of nitrogens with two attached hydrogens (primary N) is 1. The second-order valence-electron chi connectivity index (χ2n) is 5.37. The second-order valence-corrected chi connectivity index (χ2v) is 5.37. The highest BCUT2D eigenvalue weighted by Gasteiger charge is 2.33. The molecule has 1 rings (SSSR count). The molecule has 1 unspecified atom stereocenters. The highest BCUT2D eigenvalue weighted by atomic mass is 19.4. The Labute approximate surface area is 101 Å². The maximum atomic E-state index is 12.2. The lowest BCUT2D eigenvalue weighted by molar-refractivity contribution is -0.139. The number of rotatable bonds is 5. The Kier molecular flexibility index (Phi) is 5.25. The molecule has 0 spiro atoms. The van der Waals surface area contributed by atoms with Crippen molar-refractivity contribution < 1.29 is 13.2 Å². The summed E-state index contributed by atoms with van der Waals surface area (Å²) in [6.07, 6.45) is 0.728. The molecule has 102 valence electrons. The minimum absolute atomic E-state index is 0.0259. The van der Waals surface area contributed by atoms with Gasteiger partial charge in [0.15, 0.2) is 0 Å². The average molecular weight is 252 g/mol. The molecule has 5 heteroatoms. The maximum absolute atomic E-state index is 12.2. The molecule has 0 bridgehead atoms. The van der Waals surface area contributed by atoms with E-state index < -0.39 is 18.6 Å². The lowest BCUT2D eigenvalue weighted by atomic mass is 9.74. The van der Waals surface area contributed by atoms with E-state index in [9.17, 15) is 13.2 Å². The summed E-state index contributed by atoms with van der Waals surface area (Å²) in [4.78, 5) is 0. The van der Waals surface area contributed by atoms with Gasteiger partial charge in [-0.1, -0.05) is 19.3 Å². The lowest BCUT2D eigenvalue weighted by Crippen LogP contribution is -2.45. The van der Waals surface area contributed by atoms with Crippen LogP contribution in [0.5, 0.6) is 0 Å². The zero-order valence-electron chi connectivity index (χ0n) is 10.4. The number of hydrogen-bond donors (Lipinski definition) is 2. The van der Waals surface area contributed by atoms with Gasteiger partial charge in [-0.25, -0.2) is 0 Å². The summed E-state index contributed by atoms with van der Waals surface area (Å²) >= 11 is 0. The molecule has 1 atom stereocenters. The van der Waals surface area contributed by atoms with Gasteiger partial charge in [0.2, 0.25) is 0 Å². The van der Waals surface area contributed by atoms with Crippen LogP contribution in [0.15, 0.2) is 0 Å². The third-order valence-electron chi connectivity index (χ3n) is 3.71. The smallest absolute Gasteiger partial charge is 0.330 e. The van der Waals surface area contributed by atoms with E-state index in [2.05, 4.69) is 5.32 Å². The molecule has 0 radical (unpaired) electrons. The first kappa shape index (κ1) is 14.8. The van der Waals surface area contributed by atoms with Crippen LogP contribution < -0.4 is 11.1 Å². The summed E-state index contributed by atoms with van der Waals surface area (Å²) in [7, 11) is 0. The molecule has 3 N–H and O–H groups in total. The molecule has 1 fully saturated rings. The second kappa shape index (κ2) is 6.05. The Balaban J connectivity index is 2.36. The molecule has 1 aliphatic carbocycles. The molecular weight excluding hydrogens is 229 g/mol. The van der Waals surface area contributed by atoms with Crippen LogP contribution in [-0.4, -0.2) is 25.3 Å². The fourth-order valence-electron chi connectivity index (χ4n) is 2.56. The SMILES string of the molecule is CC(CC(F)(F)F)NCC1(CN)CCCCC1. The van der Waals surface area contributed by atoms with Crippen molar-refractivity contribution in [3.63, 3.8) is 0 Å². The predicted octanol–water partition coefficient (Wildman–Crippen LogP) is 2.83. The summed E-state index contributed by atoms with van der Waals surface area (Å²) in [5.41, 5.74) is 5.82. The van der Waals surface area contributed by atoms with Gasteiger partial charge in [-0.05, 0) is 31.7 Å². The first-order valence-corrected chi connectivity index (χ1v) is 6.37. The van der Waals surface area contributed by atoms with Gasteiger partial charge in [-0.3, -0.25) is 0 Å². The first-order valence-electron chi connectivity index (χ1n) is 6.37. The van der Waals surface area contributed by atoms with E-state index in [1.807, 2.05) is 0 Å². The van der Waals surface area contributed by atoms with Gasteiger partial charge in [0.1, 0.15) is 0 Å². The molecule has 0 heterocycles. The summed E-state index contributed by atoms with van der Waals surface area (Å²) in [5.74, 6) is 0. The zero-order chi connectivity index (χ0) is 12.9. The number of hydrogen-bond acceptors (Lipinski definition) is 2. The van der Waals surface area contributed by atoms with E-state index in [1.54, 1.807) is 6.92 Å². The van der Waals surface area contributed by atoms with Crippen molar-refractivity contribution in [3.8, 4) is 0 Å². The highest BCUT2D eigenvalue weighted by Crippen LogP contribution is 2.35. The molecule has 0 aromatic rings. The van der Waals surface area contributed by atoms with Crippen molar-refractivity contribution in [2.24, 2.45) is 11.1 Å². The number of alkyl halides is 3. The van der Waals surface area contributed by atoms with Gasteiger partial charge in [0.25, 0.3) is 0 Å². The van der Waals surface area contributed by atoms with E-state index in [0.717, 1.165) is 25.7 Å². The van der Waals surface area contributed by atoms with Crippen LogP contribution in [0.1, 0.15) is 45.4 Å². The molecule has 0 aliphatic heterocycles. The van der Waals surface area contributed by atoms with Gasteiger partial charge in [-0.2, -0.15) is 13.2 Å². The van der Waals surface area contributed by atoms with Crippen LogP contribution in [0.3, 0.4) is 0 Å². The molecule has 0 aromatic heterocycles. The van der Waals surface area contributed by atoms with Crippen LogP contribution in [0, 0.1) is 5.41 Å². The quantitative estimate of drug-likeness (QED) is 0.789. The third kappa shape index (κ3) is 5.25. The van der Waals surface area contributed by atoms with Gasteiger partial charge in [-0.15, -0.1) is 0 Å². The van der Waals surface area contributed by atoms with E-state index in [1.165, 1.54) is 6.42 Å². The van der Waals surface area contributed by atoms with Crippen molar-refractivity contribution in [1.82, 2.24) is 5.32 Å². The van der Waals surface area contributed by atoms with Crippen molar-refractivity contribution in [2.75, 3.05) is 13.1 Å². The Morgan fingerprint density at radius 1 is 1.24 bits per heavy atom. The van der Waals surface area contributed by atoms with Gasteiger partial charge in [0.05, 0.1) is 6.42 Å². The molecule has 0 aromatic carbocycles. The Bertz CT molecular complexity index is 222. The first-order chi connectivity index (χ1) is 7.87. The van der Waals surface area contributed by atoms with E-state index in [0.29, 0.717) is 13.1 Å². The van der Waals surface area contributed by atoms with Crippen molar-refractivity contribution >= 4 is 0 Å². The van der Waals surface area contributed by atoms with E-state index in [-0.39, 0.29) is 5.41 Å². The van der Waals surface area contributed by atoms with Gasteiger partial charge in [0, 0.05) is 12.6 Å². The molecule has 2 nitrogen and oxygen atoms in total. The molecule has 0 saturated heterocycles.